The molecule has 1 aliphatic rings. The number of halogens is 2. The summed E-state index contributed by atoms with van der Waals surface area (Å²) in [6.07, 6.45) is 8.39. The first-order chi connectivity index (χ1) is 24.6. The van der Waals surface area contributed by atoms with Crippen LogP contribution in [0.15, 0.2) is 158 Å². The third-order valence-electron chi connectivity index (χ3n) is 9.56. The van der Waals surface area contributed by atoms with Gasteiger partial charge in [-0.3, -0.25) is 0 Å². The van der Waals surface area contributed by atoms with Gasteiger partial charge < -0.3 is 67.9 Å². The monoisotopic (exact) mass is 902 g/mol. The van der Waals surface area contributed by atoms with Gasteiger partial charge in [-0.1, -0.05) is 60.7 Å². The molecule has 0 spiro atoms. The van der Waals surface area contributed by atoms with E-state index < -0.39 is 0 Å². The molecule has 4 N–H and O–H groups in total. The molecule has 0 unspecified atom stereocenters. The Labute approximate surface area is 335 Å². The number of aromatic nitrogens is 6. The molecule has 0 radical (unpaired) electrons. The van der Waals surface area contributed by atoms with Crippen molar-refractivity contribution in [2.75, 3.05) is 0 Å². The maximum atomic E-state index is 3.86. The summed E-state index contributed by atoms with van der Waals surface area (Å²) in [6.45, 7) is 0. The topological polar surface area (TPSA) is 70.9 Å². The van der Waals surface area contributed by atoms with Crippen molar-refractivity contribution in [2.45, 2.75) is 0 Å². The van der Waals surface area contributed by atoms with Gasteiger partial charge >= 0.3 is 0 Å². The Balaban J connectivity index is 0.00000210. The molecule has 7 heterocycles. The molecule has 0 fully saturated rings. The zero-order valence-corrected chi connectivity index (χ0v) is 33.0. The van der Waals surface area contributed by atoms with E-state index in [0.717, 1.165) is 88.7 Å². The smallest absolute Gasteiger partial charge is 0.169 e. The van der Waals surface area contributed by atoms with Gasteiger partial charge in [0.05, 0.1) is 0 Å². The maximum Gasteiger partial charge on any atom is 0.169 e. The van der Waals surface area contributed by atoms with Gasteiger partial charge in [0.2, 0.25) is 0 Å². The minimum Gasteiger partial charge on any atom is -1.00 e. The molecule has 0 aliphatic carbocycles. The molecule has 9 rings (SSSR count). The van der Waals surface area contributed by atoms with E-state index in [2.05, 4.69) is 187 Å². The van der Waals surface area contributed by atoms with Crippen LogP contribution in [0.25, 0.3) is 22.3 Å². The average Bonchev–Trinajstić information content (AvgIpc) is 3.98. The van der Waals surface area contributed by atoms with Crippen LogP contribution in [0.4, 0.5) is 0 Å². The molecule has 0 amide bonds. The molecule has 0 saturated carbocycles. The Bertz CT molecular complexity index is 2560. The highest BCUT2D eigenvalue weighted by atomic mass is 127. The van der Waals surface area contributed by atoms with E-state index in [9.17, 15) is 0 Å². The number of hydrogen-bond acceptors (Lipinski definition) is 0. The van der Waals surface area contributed by atoms with Crippen LogP contribution < -0.4 is 78.5 Å². The Morgan fingerprint density at radius 3 is 0.865 bits per heavy atom. The van der Waals surface area contributed by atoms with Crippen molar-refractivity contribution in [3.05, 3.63) is 225 Å². The van der Waals surface area contributed by atoms with Crippen molar-refractivity contribution in [1.82, 2.24) is 19.9 Å². The van der Waals surface area contributed by atoms with Gasteiger partial charge in [-0.2, -0.15) is 0 Å². The molecule has 6 aromatic heterocycles. The quantitative estimate of drug-likeness (QED) is 0.116. The molecule has 6 nitrogen and oxygen atoms in total. The Morgan fingerprint density at radius 1 is 0.308 bits per heavy atom. The highest BCUT2D eigenvalue weighted by Crippen LogP contribution is 2.27. The zero-order chi connectivity index (χ0) is 33.6. The van der Waals surface area contributed by atoms with E-state index in [1.54, 1.807) is 0 Å². The molecule has 2 aromatic carbocycles. The van der Waals surface area contributed by atoms with Crippen molar-refractivity contribution >= 4 is 22.3 Å². The fourth-order valence-electron chi connectivity index (χ4n) is 7.12. The van der Waals surface area contributed by atoms with E-state index in [1.165, 1.54) is 0 Å². The SMILES string of the molecule is C[n+]1ccc(C2=c3ccc([nH]3)=C(c3cc[n+](C)cc3)c3ccc([nH]3)C(c3ccccc3)=c3ccc([nH]3)=C(c3ccccc3)c3ccc2[nH]3)cc1.[I-].[I-]. The fourth-order valence-corrected chi connectivity index (χ4v) is 7.12. The fraction of sp³-hybridized carbons (Fsp3) is 0.0455. The summed E-state index contributed by atoms with van der Waals surface area (Å²) < 4.78 is 4.13. The van der Waals surface area contributed by atoms with Crippen LogP contribution >= 0.6 is 0 Å². The minimum atomic E-state index is 0. The second-order valence-electron chi connectivity index (χ2n) is 12.9. The first-order valence-corrected chi connectivity index (χ1v) is 16.9. The van der Waals surface area contributed by atoms with Crippen molar-refractivity contribution in [3.63, 3.8) is 0 Å². The van der Waals surface area contributed by atoms with E-state index in [0.29, 0.717) is 0 Å². The zero-order valence-electron chi connectivity index (χ0n) is 28.7. The molecule has 1 aliphatic heterocycles. The normalized spacial score (nSPS) is 12.3. The predicted molar refractivity (Wildman–Crippen MR) is 196 cm³/mol. The summed E-state index contributed by atoms with van der Waals surface area (Å²) in [5.41, 5.74) is 13.0. The second-order valence-corrected chi connectivity index (χ2v) is 12.9. The maximum absolute atomic E-state index is 3.86. The Hall–Kier alpha value is -5.20. The van der Waals surface area contributed by atoms with Crippen molar-refractivity contribution < 1.29 is 57.1 Å². The molecule has 8 bridgehead atoms. The molecule has 8 aromatic rings. The lowest BCUT2D eigenvalue weighted by molar-refractivity contribution is -0.671. The van der Waals surface area contributed by atoms with Crippen LogP contribution in [0.2, 0.25) is 0 Å². The number of aromatic amines is 4. The van der Waals surface area contributed by atoms with E-state index in [-0.39, 0.29) is 48.0 Å². The number of rotatable bonds is 4. The van der Waals surface area contributed by atoms with Crippen LogP contribution in [0, 0.1) is 0 Å². The number of fused-ring (bicyclic) bond motifs is 8. The van der Waals surface area contributed by atoms with E-state index >= 15 is 0 Å². The van der Waals surface area contributed by atoms with Crippen molar-refractivity contribution in [3.8, 4) is 0 Å². The highest BCUT2D eigenvalue weighted by molar-refractivity contribution is 5.84. The van der Waals surface area contributed by atoms with Crippen LogP contribution in [0.1, 0.15) is 45.0 Å². The van der Waals surface area contributed by atoms with Crippen LogP contribution in [-0.4, -0.2) is 19.9 Å². The average molecular weight is 903 g/mol. The lowest BCUT2D eigenvalue weighted by Gasteiger charge is -2.09. The lowest BCUT2D eigenvalue weighted by Crippen LogP contribution is -3.00. The molecule has 52 heavy (non-hydrogen) atoms. The number of nitrogens with one attached hydrogen (secondary N) is 4. The third kappa shape index (κ3) is 6.52. The first kappa shape index (κ1) is 35.2. The standard InChI is InChI=1S/C44H34N6.2HI/c1-49-25-21-31(22-26-49)43-37-17-15-35(46-37)41(29-9-5-3-6-10-29)33-13-14-34(45-33)42(30-11-7-4-8-12-30)36-16-18-38(47-36)44(40-20-19-39(43)48-40)32-23-27-50(2)28-24-32;;/h3-28,48H,1-2H3,(H,45,46,47);2*1H. The van der Waals surface area contributed by atoms with Gasteiger partial charge in [0.15, 0.2) is 24.8 Å². The summed E-state index contributed by atoms with van der Waals surface area (Å²) in [5.74, 6) is 0. The van der Waals surface area contributed by atoms with Gasteiger partial charge in [-0.15, -0.1) is 0 Å². The summed E-state index contributed by atoms with van der Waals surface area (Å²) in [5, 5.41) is 4.12. The number of pyridine rings is 2. The lowest BCUT2D eigenvalue weighted by atomic mass is 10.0. The third-order valence-corrected chi connectivity index (χ3v) is 9.56. The Kier molecular flexibility index (Phi) is 10.0. The van der Waals surface area contributed by atoms with Gasteiger partial charge in [0.1, 0.15) is 14.1 Å². The highest BCUT2D eigenvalue weighted by Gasteiger charge is 2.18. The molecular weight excluding hydrogens is 866 g/mol. The number of benzene rings is 2. The summed E-state index contributed by atoms with van der Waals surface area (Å²) in [7, 11) is 4.09. The molecule has 8 heteroatoms. The second kappa shape index (κ2) is 14.8. The molecular formula is C44H36I2N6. The summed E-state index contributed by atoms with van der Waals surface area (Å²) >= 11 is 0. The van der Waals surface area contributed by atoms with Crippen molar-refractivity contribution in [2.24, 2.45) is 14.1 Å². The van der Waals surface area contributed by atoms with Crippen LogP contribution in [0.3, 0.4) is 0 Å². The summed E-state index contributed by atoms with van der Waals surface area (Å²) in [6, 6.07) is 47.5. The molecule has 0 atom stereocenters. The number of hydrogen-bond donors (Lipinski definition) is 4. The van der Waals surface area contributed by atoms with Gasteiger partial charge in [0, 0.05) is 90.7 Å². The van der Waals surface area contributed by atoms with E-state index in [1.807, 2.05) is 14.1 Å². The number of aryl methyl sites for hydroxylation is 2. The van der Waals surface area contributed by atoms with Crippen LogP contribution in [-0.2, 0) is 14.1 Å². The molecule has 0 saturated heterocycles. The predicted octanol–water partition coefficient (Wildman–Crippen LogP) is -2.04. The van der Waals surface area contributed by atoms with E-state index in [4.69, 9.17) is 0 Å². The number of nitrogens with zero attached hydrogens (tertiary/aromatic N) is 2. The first-order valence-electron chi connectivity index (χ1n) is 16.9. The molecule has 256 valence electrons. The Morgan fingerprint density at radius 2 is 0.577 bits per heavy atom. The largest absolute Gasteiger partial charge is 1.00 e. The van der Waals surface area contributed by atoms with Gasteiger partial charge in [-0.25, -0.2) is 9.13 Å². The van der Waals surface area contributed by atoms with Crippen LogP contribution in [0.5, 0.6) is 0 Å². The minimum absolute atomic E-state index is 0. The van der Waals surface area contributed by atoms with Gasteiger partial charge in [-0.05, 0) is 70.8 Å². The summed E-state index contributed by atoms with van der Waals surface area (Å²) in [4.78, 5) is 15.4. The van der Waals surface area contributed by atoms with Crippen molar-refractivity contribution in [1.29, 1.82) is 0 Å². The van der Waals surface area contributed by atoms with Gasteiger partial charge in [0.25, 0.3) is 0 Å². The number of H-pyrrole nitrogens is 4.